The Morgan fingerprint density at radius 3 is 1.27 bits per heavy atom. The summed E-state index contributed by atoms with van der Waals surface area (Å²) in [5.74, 6) is -0.0673. The van der Waals surface area contributed by atoms with Crippen LogP contribution >= 0.6 is 0 Å². The standard InChI is InChI=1S/C16H18N2O4/c1-9(2)11-5-7-14-13(15(11)17(19)20)8-6-12(10(3)4)16(14)18(21)22/h5-10H,1-4H3. The topological polar surface area (TPSA) is 86.3 Å². The summed E-state index contributed by atoms with van der Waals surface area (Å²) in [6, 6.07) is 6.51. The van der Waals surface area contributed by atoms with E-state index < -0.39 is 9.85 Å². The van der Waals surface area contributed by atoms with Crippen molar-refractivity contribution in [3.8, 4) is 0 Å². The molecule has 0 radical (unpaired) electrons. The predicted molar refractivity (Wildman–Crippen MR) is 85.4 cm³/mol. The minimum atomic E-state index is -0.448. The van der Waals surface area contributed by atoms with E-state index >= 15 is 0 Å². The molecule has 0 saturated carbocycles. The van der Waals surface area contributed by atoms with Crippen molar-refractivity contribution in [1.29, 1.82) is 0 Å². The highest BCUT2D eigenvalue weighted by molar-refractivity contribution is 5.99. The lowest BCUT2D eigenvalue weighted by Gasteiger charge is -2.12. The number of nitro benzene ring substituents is 2. The highest BCUT2D eigenvalue weighted by Crippen LogP contribution is 2.40. The van der Waals surface area contributed by atoms with Gasteiger partial charge in [-0.2, -0.15) is 0 Å². The van der Waals surface area contributed by atoms with Gasteiger partial charge in [0.25, 0.3) is 11.4 Å². The van der Waals surface area contributed by atoms with Gasteiger partial charge in [-0.1, -0.05) is 39.8 Å². The summed E-state index contributed by atoms with van der Waals surface area (Å²) in [5, 5.41) is 23.6. The Kier molecular flexibility index (Phi) is 4.12. The Bertz CT molecular complexity index is 701. The first-order chi connectivity index (χ1) is 10.3. The first-order valence-corrected chi connectivity index (χ1v) is 7.14. The molecular formula is C16H18N2O4. The third-order valence-electron chi connectivity index (χ3n) is 3.82. The van der Waals surface area contributed by atoms with Gasteiger partial charge in [0.2, 0.25) is 0 Å². The van der Waals surface area contributed by atoms with E-state index in [2.05, 4.69) is 0 Å². The van der Waals surface area contributed by atoms with E-state index in [9.17, 15) is 20.2 Å². The molecule has 0 aliphatic rings. The molecule has 0 aliphatic heterocycles. The summed E-state index contributed by atoms with van der Waals surface area (Å²) in [6.45, 7) is 7.46. The Morgan fingerprint density at radius 2 is 1.05 bits per heavy atom. The highest BCUT2D eigenvalue weighted by Gasteiger charge is 2.27. The Balaban J connectivity index is 2.97. The van der Waals surface area contributed by atoms with Crippen molar-refractivity contribution < 1.29 is 9.85 Å². The normalized spacial score (nSPS) is 11.4. The molecule has 2 aromatic carbocycles. The van der Waals surface area contributed by atoms with E-state index in [4.69, 9.17) is 0 Å². The molecule has 0 amide bonds. The second kappa shape index (κ2) is 5.71. The molecule has 0 atom stereocenters. The van der Waals surface area contributed by atoms with Gasteiger partial charge in [0.15, 0.2) is 0 Å². The molecule has 22 heavy (non-hydrogen) atoms. The van der Waals surface area contributed by atoms with Crippen LogP contribution in [0.25, 0.3) is 10.8 Å². The smallest absolute Gasteiger partial charge is 0.258 e. The number of hydrogen-bond acceptors (Lipinski definition) is 4. The molecule has 0 unspecified atom stereocenters. The molecule has 0 heterocycles. The van der Waals surface area contributed by atoms with Crippen LogP contribution in [0.1, 0.15) is 50.7 Å². The molecule has 116 valence electrons. The molecule has 0 aromatic heterocycles. The zero-order chi connectivity index (χ0) is 16.6. The van der Waals surface area contributed by atoms with Crippen molar-refractivity contribution in [3.05, 3.63) is 55.6 Å². The molecule has 0 N–H and O–H groups in total. The minimum Gasteiger partial charge on any atom is -0.258 e. The van der Waals surface area contributed by atoms with E-state index in [0.717, 1.165) is 0 Å². The maximum Gasteiger partial charge on any atom is 0.280 e. The summed E-state index contributed by atoms with van der Waals surface area (Å²) in [4.78, 5) is 22.1. The molecule has 2 rings (SSSR count). The molecule has 0 fully saturated rings. The summed E-state index contributed by atoms with van der Waals surface area (Å²) in [5.41, 5.74) is 1.10. The largest absolute Gasteiger partial charge is 0.280 e. The predicted octanol–water partition coefficient (Wildman–Crippen LogP) is 4.90. The lowest BCUT2D eigenvalue weighted by atomic mass is 9.92. The van der Waals surface area contributed by atoms with E-state index in [-0.39, 0.29) is 23.2 Å². The minimum absolute atomic E-state index is 0.0337. The first kappa shape index (κ1) is 15.9. The van der Waals surface area contributed by atoms with Crippen LogP contribution in [0.3, 0.4) is 0 Å². The fourth-order valence-corrected chi connectivity index (χ4v) is 2.75. The lowest BCUT2D eigenvalue weighted by Crippen LogP contribution is -2.02. The number of fused-ring (bicyclic) bond motifs is 1. The molecule has 6 nitrogen and oxygen atoms in total. The molecule has 0 bridgehead atoms. The Labute approximate surface area is 128 Å². The molecular weight excluding hydrogens is 284 g/mol. The number of rotatable bonds is 4. The number of hydrogen-bond donors (Lipinski definition) is 0. The van der Waals surface area contributed by atoms with Crippen LogP contribution in [0, 0.1) is 20.2 Å². The first-order valence-electron chi connectivity index (χ1n) is 7.14. The van der Waals surface area contributed by atoms with Gasteiger partial charge >= 0.3 is 0 Å². The second-order valence-corrected chi connectivity index (χ2v) is 5.93. The molecule has 0 saturated heterocycles. The monoisotopic (exact) mass is 302 g/mol. The van der Waals surface area contributed by atoms with Crippen molar-refractivity contribution in [2.24, 2.45) is 0 Å². The molecule has 6 heteroatoms. The lowest BCUT2D eigenvalue weighted by molar-refractivity contribution is -0.385. The van der Waals surface area contributed by atoms with Crippen molar-refractivity contribution >= 4 is 22.1 Å². The van der Waals surface area contributed by atoms with Gasteiger partial charge in [0, 0.05) is 11.1 Å². The third kappa shape index (κ3) is 2.52. The molecule has 0 aliphatic carbocycles. The number of benzene rings is 2. The van der Waals surface area contributed by atoms with E-state index in [1.807, 2.05) is 27.7 Å². The fraction of sp³-hybridized carbons (Fsp3) is 0.375. The van der Waals surface area contributed by atoms with Gasteiger partial charge < -0.3 is 0 Å². The van der Waals surface area contributed by atoms with Gasteiger partial charge in [-0.25, -0.2) is 0 Å². The highest BCUT2D eigenvalue weighted by atomic mass is 16.6. The van der Waals surface area contributed by atoms with Crippen LogP contribution in [0.5, 0.6) is 0 Å². The SMILES string of the molecule is CC(C)c1ccc2c([N+](=O)[O-])c(C(C)C)ccc2c1[N+](=O)[O-]. The van der Waals surface area contributed by atoms with Crippen molar-refractivity contribution in [3.63, 3.8) is 0 Å². The summed E-state index contributed by atoms with van der Waals surface area (Å²) >= 11 is 0. The van der Waals surface area contributed by atoms with Crippen LogP contribution in [0.2, 0.25) is 0 Å². The van der Waals surface area contributed by atoms with Gasteiger partial charge in [0.05, 0.1) is 20.6 Å². The quantitative estimate of drug-likeness (QED) is 0.593. The van der Waals surface area contributed by atoms with Crippen LogP contribution in [-0.2, 0) is 0 Å². The average molecular weight is 302 g/mol. The van der Waals surface area contributed by atoms with E-state index in [0.29, 0.717) is 21.9 Å². The van der Waals surface area contributed by atoms with Crippen molar-refractivity contribution in [2.45, 2.75) is 39.5 Å². The van der Waals surface area contributed by atoms with Crippen LogP contribution in [0.4, 0.5) is 11.4 Å². The van der Waals surface area contributed by atoms with E-state index in [1.165, 1.54) is 0 Å². The van der Waals surface area contributed by atoms with Crippen molar-refractivity contribution in [2.75, 3.05) is 0 Å². The van der Waals surface area contributed by atoms with Gasteiger partial charge in [0.1, 0.15) is 0 Å². The van der Waals surface area contributed by atoms with E-state index in [1.54, 1.807) is 24.3 Å². The third-order valence-corrected chi connectivity index (χ3v) is 3.82. The van der Waals surface area contributed by atoms with Gasteiger partial charge in [-0.05, 0) is 24.0 Å². The summed E-state index contributed by atoms with van der Waals surface area (Å²) in [7, 11) is 0. The number of nitro groups is 2. The second-order valence-electron chi connectivity index (χ2n) is 5.93. The summed E-state index contributed by atoms with van der Waals surface area (Å²) < 4.78 is 0. The maximum atomic E-state index is 11.5. The van der Waals surface area contributed by atoms with Gasteiger partial charge in [-0.3, -0.25) is 20.2 Å². The summed E-state index contributed by atoms with van der Waals surface area (Å²) in [6.07, 6.45) is 0. The maximum absolute atomic E-state index is 11.5. The fourth-order valence-electron chi connectivity index (χ4n) is 2.75. The Morgan fingerprint density at radius 1 is 0.727 bits per heavy atom. The Hall–Kier alpha value is -2.50. The van der Waals surface area contributed by atoms with Crippen LogP contribution in [-0.4, -0.2) is 9.85 Å². The van der Waals surface area contributed by atoms with Crippen molar-refractivity contribution in [1.82, 2.24) is 0 Å². The van der Waals surface area contributed by atoms with Crippen LogP contribution < -0.4 is 0 Å². The van der Waals surface area contributed by atoms with Gasteiger partial charge in [-0.15, -0.1) is 0 Å². The number of nitrogens with zero attached hydrogens (tertiary/aromatic N) is 2. The zero-order valence-electron chi connectivity index (χ0n) is 13.0. The molecule has 0 spiro atoms. The van der Waals surface area contributed by atoms with Crippen LogP contribution in [0.15, 0.2) is 24.3 Å². The average Bonchev–Trinajstić information content (AvgIpc) is 2.43. The zero-order valence-corrected chi connectivity index (χ0v) is 13.0. The molecule has 2 aromatic rings.